The van der Waals surface area contributed by atoms with E-state index in [9.17, 15) is 9.90 Å². The molecule has 2 atom stereocenters. The predicted octanol–water partition coefficient (Wildman–Crippen LogP) is 1.82. The van der Waals surface area contributed by atoms with Crippen molar-refractivity contribution in [3.8, 4) is 10.6 Å². The monoisotopic (exact) mass is 320 g/mol. The molecule has 22 heavy (non-hydrogen) atoms. The Hall–Kier alpha value is -1.73. The molecule has 0 radical (unpaired) electrons. The maximum Gasteiger partial charge on any atom is 0.271 e. The molecule has 1 saturated carbocycles. The van der Waals surface area contributed by atoms with Crippen LogP contribution >= 0.6 is 11.3 Å². The highest BCUT2D eigenvalue weighted by atomic mass is 32.1. The average molecular weight is 320 g/mol. The normalized spacial score (nSPS) is 24.6. The van der Waals surface area contributed by atoms with Crippen molar-refractivity contribution in [2.75, 3.05) is 6.61 Å². The van der Waals surface area contributed by atoms with E-state index in [1.807, 2.05) is 20.2 Å². The summed E-state index contributed by atoms with van der Waals surface area (Å²) in [5.41, 5.74) is 1.11. The van der Waals surface area contributed by atoms with Crippen molar-refractivity contribution in [1.29, 1.82) is 0 Å². The molecule has 7 heteroatoms. The van der Waals surface area contributed by atoms with Gasteiger partial charge in [-0.2, -0.15) is 5.10 Å². The van der Waals surface area contributed by atoms with Crippen molar-refractivity contribution in [2.45, 2.75) is 32.2 Å². The van der Waals surface area contributed by atoms with Gasteiger partial charge in [-0.1, -0.05) is 13.3 Å². The summed E-state index contributed by atoms with van der Waals surface area (Å²) >= 11 is 1.43. The van der Waals surface area contributed by atoms with Gasteiger partial charge < -0.3 is 10.4 Å². The molecule has 1 amide bonds. The fourth-order valence-electron chi connectivity index (χ4n) is 2.94. The molecule has 2 N–H and O–H groups in total. The Bertz CT molecular complexity index is 681. The second-order valence-electron chi connectivity index (χ2n) is 6.17. The summed E-state index contributed by atoms with van der Waals surface area (Å²) in [4.78, 5) is 16.8. The second kappa shape index (κ2) is 5.81. The van der Waals surface area contributed by atoms with Gasteiger partial charge in [-0.25, -0.2) is 4.98 Å². The van der Waals surface area contributed by atoms with Gasteiger partial charge in [-0.15, -0.1) is 11.3 Å². The van der Waals surface area contributed by atoms with Crippen LogP contribution in [0, 0.1) is 5.41 Å². The molecule has 2 aromatic heterocycles. The zero-order valence-corrected chi connectivity index (χ0v) is 13.6. The highest BCUT2D eigenvalue weighted by molar-refractivity contribution is 7.13. The maximum absolute atomic E-state index is 12.4. The van der Waals surface area contributed by atoms with E-state index in [1.54, 1.807) is 16.3 Å². The number of thiazole rings is 1. The second-order valence-corrected chi connectivity index (χ2v) is 7.03. The number of aryl methyl sites for hydroxylation is 1. The van der Waals surface area contributed by atoms with E-state index in [0.29, 0.717) is 5.69 Å². The first-order valence-electron chi connectivity index (χ1n) is 7.38. The summed E-state index contributed by atoms with van der Waals surface area (Å²) in [5.74, 6) is -0.169. The predicted molar refractivity (Wildman–Crippen MR) is 84.6 cm³/mol. The Balaban J connectivity index is 1.72. The van der Waals surface area contributed by atoms with Crippen LogP contribution in [-0.4, -0.2) is 38.4 Å². The molecule has 0 aliphatic heterocycles. The van der Waals surface area contributed by atoms with Crippen molar-refractivity contribution in [2.24, 2.45) is 12.5 Å². The molecule has 1 aliphatic carbocycles. The van der Waals surface area contributed by atoms with Crippen molar-refractivity contribution in [3.63, 3.8) is 0 Å². The Morgan fingerprint density at radius 1 is 1.64 bits per heavy atom. The van der Waals surface area contributed by atoms with Crippen LogP contribution < -0.4 is 5.32 Å². The number of nitrogens with zero attached hydrogens (tertiary/aromatic N) is 3. The number of amides is 1. The van der Waals surface area contributed by atoms with Gasteiger partial charge in [0.1, 0.15) is 10.7 Å². The Labute approximate surface area is 133 Å². The number of hydrogen-bond donors (Lipinski definition) is 2. The van der Waals surface area contributed by atoms with E-state index in [-0.39, 0.29) is 24.0 Å². The Kier molecular flexibility index (Phi) is 4.01. The van der Waals surface area contributed by atoms with Crippen molar-refractivity contribution in [1.82, 2.24) is 20.1 Å². The summed E-state index contributed by atoms with van der Waals surface area (Å²) in [5, 5.41) is 19.3. The zero-order valence-electron chi connectivity index (χ0n) is 12.7. The number of aromatic nitrogens is 3. The summed E-state index contributed by atoms with van der Waals surface area (Å²) in [7, 11) is 1.85. The van der Waals surface area contributed by atoms with Crippen LogP contribution in [0.5, 0.6) is 0 Å². The number of aliphatic hydroxyl groups is 1. The lowest BCUT2D eigenvalue weighted by atomic mass is 9.86. The molecule has 118 valence electrons. The van der Waals surface area contributed by atoms with Crippen molar-refractivity contribution < 1.29 is 9.90 Å². The number of hydrogen-bond acceptors (Lipinski definition) is 5. The van der Waals surface area contributed by atoms with Crippen LogP contribution in [0.25, 0.3) is 10.6 Å². The van der Waals surface area contributed by atoms with Crippen molar-refractivity contribution >= 4 is 17.2 Å². The molecular formula is C15H20N4O2S. The molecule has 6 nitrogen and oxygen atoms in total. The smallest absolute Gasteiger partial charge is 0.271 e. The van der Waals surface area contributed by atoms with Crippen LogP contribution in [0.15, 0.2) is 17.8 Å². The van der Waals surface area contributed by atoms with Gasteiger partial charge in [-0.3, -0.25) is 9.48 Å². The Morgan fingerprint density at radius 3 is 3.14 bits per heavy atom. The van der Waals surface area contributed by atoms with Gasteiger partial charge in [0.25, 0.3) is 5.91 Å². The molecule has 0 saturated heterocycles. The summed E-state index contributed by atoms with van der Waals surface area (Å²) in [6.07, 6.45) is 6.48. The topological polar surface area (TPSA) is 80.0 Å². The number of aliphatic hydroxyl groups excluding tert-OH is 1. The standard InChI is InChI=1S/C15H20N4O2S/c1-15(9-20)5-3-4-12(15)18-13(21)11-8-22-14(17-11)10-6-16-19(2)7-10/h6-8,12,20H,3-5,9H2,1-2H3,(H,18,21). The largest absolute Gasteiger partial charge is 0.396 e. The van der Waals surface area contributed by atoms with Gasteiger partial charge in [0.05, 0.1) is 12.8 Å². The zero-order chi connectivity index (χ0) is 15.7. The Morgan fingerprint density at radius 2 is 2.45 bits per heavy atom. The molecule has 1 aliphatic rings. The lowest BCUT2D eigenvalue weighted by Crippen LogP contribution is -2.44. The maximum atomic E-state index is 12.4. The summed E-state index contributed by atoms with van der Waals surface area (Å²) in [6, 6.07) is 0.00791. The molecule has 3 rings (SSSR count). The number of carbonyl (C=O) groups is 1. The summed E-state index contributed by atoms with van der Waals surface area (Å²) < 4.78 is 1.71. The fourth-order valence-corrected chi connectivity index (χ4v) is 3.72. The van der Waals surface area contributed by atoms with Crippen LogP contribution in [0.4, 0.5) is 0 Å². The minimum atomic E-state index is -0.224. The third-order valence-electron chi connectivity index (χ3n) is 4.44. The molecule has 2 heterocycles. The number of carbonyl (C=O) groups excluding carboxylic acids is 1. The summed E-state index contributed by atoms with van der Waals surface area (Å²) in [6.45, 7) is 2.11. The van der Waals surface area contributed by atoms with Gasteiger partial charge >= 0.3 is 0 Å². The SMILES string of the molecule is Cn1cc(-c2nc(C(=O)NC3CCCC3(C)CO)cs2)cn1. The first-order chi connectivity index (χ1) is 10.5. The van der Waals surface area contributed by atoms with Gasteiger partial charge in [0.2, 0.25) is 0 Å². The van der Waals surface area contributed by atoms with E-state index >= 15 is 0 Å². The van der Waals surface area contributed by atoms with E-state index in [1.165, 1.54) is 11.3 Å². The minimum absolute atomic E-state index is 0.00791. The van der Waals surface area contributed by atoms with Crippen LogP contribution in [-0.2, 0) is 7.05 Å². The lowest BCUT2D eigenvalue weighted by molar-refractivity contribution is 0.0826. The third-order valence-corrected chi connectivity index (χ3v) is 5.33. The highest BCUT2D eigenvalue weighted by Crippen LogP contribution is 2.37. The van der Waals surface area contributed by atoms with E-state index < -0.39 is 0 Å². The molecule has 0 aromatic carbocycles. The van der Waals surface area contributed by atoms with E-state index in [0.717, 1.165) is 29.8 Å². The molecular weight excluding hydrogens is 300 g/mol. The quantitative estimate of drug-likeness (QED) is 0.900. The first-order valence-corrected chi connectivity index (χ1v) is 8.26. The molecule has 1 fully saturated rings. The van der Waals surface area contributed by atoms with E-state index in [2.05, 4.69) is 15.4 Å². The lowest BCUT2D eigenvalue weighted by Gasteiger charge is -2.29. The fraction of sp³-hybridized carbons (Fsp3) is 0.533. The van der Waals surface area contributed by atoms with Gasteiger partial charge in [-0.05, 0) is 12.8 Å². The minimum Gasteiger partial charge on any atom is -0.396 e. The molecule has 0 bridgehead atoms. The van der Waals surface area contributed by atoms with Gasteiger partial charge in [0, 0.05) is 35.6 Å². The molecule has 2 unspecified atom stereocenters. The van der Waals surface area contributed by atoms with Crippen LogP contribution in [0.1, 0.15) is 36.7 Å². The third kappa shape index (κ3) is 2.78. The number of rotatable bonds is 4. The van der Waals surface area contributed by atoms with Gasteiger partial charge in [0.15, 0.2) is 0 Å². The number of nitrogens with one attached hydrogen (secondary N) is 1. The van der Waals surface area contributed by atoms with Crippen LogP contribution in [0.2, 0.25) is 0 Å². The van der Waals surface area contributed by atoms with E-state index in [4.69, 9.17) is 0 Å². The highest BCUT2D eigenvalue weighted by Gasteiger charge is 2.39. The van der Waals surface area contributed by atoms with Crippen LogP contribution in [0.3, 0.4) is 0 Å². The van der Waals surface area contributed by atoms with Crippen molar-refractivity contribution in [3.05, 3.63) is 23.5 Å². The first kappa shape index (κ1) is 15.2. The molecule has 0 spiro atoms. The molecule has 2 aromatic rings. The average Bonchev–Trinajstić information content (AvgIpc) is 3.20.